The minimum Gasteiger partial charge on any atom is -0.497 e. The summed E-state index contributed by atoms with van der Waals surface area (Å²) in [6.07, 6.45) is 0. The predicted octanol–water partition coefficient (Wildman–Crippen LogP) is -1.37. The minimum atomic E-state index is -4.29. The number of fused-ring (bicyclic) bond motifs is 2. The van der Waals surface area contributed by atoms with Gasteiger partial charge in [-0.05, 0) is 12.1 Å². The summed E-state index contributed by atoms with van der Waals surface area (Å²) in [5.74, 6) is -0.839. The average molecular weight is 467 g/mol. The molecular weight excluding hydrogens is 444 g/mol. The molecule has 1 aromatic carbocycles. The van der Waals surface area contributed by atoms with Crippen molar-refractivity contribution in [2.75, 3.05) is 37.2 Å². The van der Waals surface area contributed by atoms with Crippen LogP contribution in [0.25, 0.3) is 0 Å². The summed E-state index contributed by atoms with van der Waals surface area (Å²) in [7, 11) is -8.50. The third-order valence-corrected chi connectivity index (χ3v) is 11.1. The first-order chi connectivity index (χ1) is 13.5. The predicted molar refractivity (Wildman–Crippen MR) is 104 cm³/mol. The number of sulfone groups is 2. The van der Waals surface area contributed by atoms with E-state index in [1.807, 2.05) is 0 Å². The van der Waals surface area contributed by atoms with Crippen molar-refractivity contribution in [2.24, 2.45) is 0 Å². The van der Waals surface area contributed by atoms with Gasteiger partial charge < -0.3 is 14.8 Å². The summed E-state index contributed by atoms with van der Waals surface area (Å²) < 4.78 is 87.9. The number of ether oxygens (including phenoxy) is 2. The van der Waals surface area contributed by atoms with E-state index in [1.54, 1.807) is 6.07 Å². The van der Waals surface area contributed by atoms with E-state index in [0.717, 1.165) is 4.31 Å². The Kier molecular flexibility index (Phi) is 4.89. The lowest BCUT2D eigenvalue weighted by Gasteiger charge is -2.43. The van der Waals surface area contributed by atoms with Gasteiger partial charge in [0.05, 0.1) is 49.3 Å². The maximum absolute atomic E-state index is 13.7. The Morgan fingerprint density at radius 2 is 1.48 bits per heavy atom. The van der Waals surface area contributed by atoms with Crippen molar-refractivity contribution in [3.63, 3.8) is 0 Å². The van der Waals surface area contributed by atoms with Gasteiger partial charge in [-0.1, -0.05) is 0 Å². The molecule has 0 bridgehead atoms. The van der Waals surface area contributed by atoms with Gasteiger partial charge in [0.25, 0.3) is 0 Å². The first-order valence-corrected chi connectivity index (χ1v) is 14.0. The average Bonchev–Trinajstić information content (AvgIpc) is 3.10. The van der Waals surface area contributed by atoms with E-state index in [2.05, 4.69) is 5.32 Å². The van der Waals surface area contributed by atoms with Gasteiger partial charge in [-0.2, -0.15) is 4.31 Å². The number of hydrogen-bond acceptors (Lipinski definition) is 9. The summed E-state index contributed by atoms with van der Waals surface area (Å²) in [5, 5.41) is 3.07. The van der Waals surface area contributed by atoms with E-state index in [1.165, 1.54) is 26.4 Å². The lowest BCUT2D eigenvalue weighted by molar-refractivity contribution is 0.160. The topological polar surface area (TPSA) is 136 Å². The van der Waals surface area contributed by atoms with Crippen LogP contribution in [0.5, 0.6) is 11.5 Å². The number of nitrogens with one attached hydrogen (secondary N) is 1. The molecule has 0 unspecified atom stereocenters. The number of methoxy groups -OCH3 is 2. The Balaban J connectivity index is 1.87. The van der Waals surface area contributed by atoms with E-state index >= 15 is 0 Å². The maximum Gasteiger partial charge on any atom is 0.247 e. The third kappa shape index (κ3) is 3.52. The van der Waals surface area contributed by atoms with Crippen LogP contribution >= 0.6 is 0 Å². The molecule has 29 heavy (non-hydrogen) atoms. The number of benzene rings is 1. The monoisotopic (exact) mass is 466 g/mol. The Labute approximate surface area is 170 Å². The Bertz CT molecular complexity index is 1100. The maximum atomic E-state index is 13.7. The number of sulfonamides is 1. The van der Waals surface area contributed by atoms with Gasteiger partial charge in [0.2, 0.25) is 10.0 Å². The highest BCUT2D eigenvalue weighted by molar-refractivity contribution is 7.92. The third-order valence-electron chi connectivity index (χ3n) is 5.65. The van der Waals surface area contributed by atoms with Crippen molar-refractivity contribution in [2.45, 2.75) is 29.1 Å². The molecule has 13 heteroatoms. The van der Waals surface area contributed by atoms with Crippen molar-refractivity contribution < 1.29 is 34.7 Å². The summed E-state index contributed by atoms with van der Waals surface area (Å²) in [6, 6.07) is 1.17. The molecule has 0 amide bonds. The van der Waals surface area contributed by atoms with Gasteiger partial charge in [0.1, 0.15) is 16.4 Å². The summed E-state index contributed by atoms with van der Waals surface area (Å²) >= 11 is 0. The van der Waals surface area contributed by atoms with Crippen molar-refractivity contribution >= 4 is 29.7 Å². The summed E-state index contributed by atoms with van der Waals surface area (Å²) in [6.45, 7) is 0. The molecule has 1 aromatic rings. The van der Waals surface area contributed by atoms with Crippen molar-refractivity contribution in [1.29, 1.82) is 0 Å². The summed E-state index contributed by atoms with van der Waals surface area (Å²) in [5.41, 5.74) is 0. The highest BCUT2D eigenvalue weighted by atomic mass is 32.2. The molecule has 0 aromatic heterocycles. The van der Waals surface area contributed by atoms with Crippen molar-refractivity contribution in [1.82, 2.24) is 9.62 Å². The molecule has 3 saturated heterocycles. The van der Waals surface area contributed by atoms with Gasteiger partial charge >= 0.3 is 0 Å². The Hall–Kier alpha value is -1.41. The van der Waals surface area contributed by atoms with Gasteiger partial charge in [-0.3, -0.25) is 0 Å². The molecule has 3 heterocycles. The van der Waals surface area contributed by atoms with Crippen LogP contribution in [0, 0.1) is 0 Å². The molecule has 3 aliphatic heterocycles. The molecule has 0 aliphatic carbocycles. The van der Waals surface area contributed by atoms with E-state index in [4.69, 9.17) is 9.47 Å². The molecule has 162 valence electrons. The van der Waals surface area contributed by atoms with Crippen LogP contribution in [0.15, 0.2) is 23.1 Å². The van der Waals surface area contributed by atoms with Crippen molar-refractivity contribution in [3.8, 4) is 11.5 Å². The fourth-order valence-electron chi connectivity index (χ4n) is 4.45. The van der Waals surface area contributed by atoms with Gasteiger partial charge in [0, 0.05) is 18.2 Å². The molecule has 1 N–H and O–H groups in total. The van der Waals surface area contributed by atoms with Crippen LogP contribution in [-0.2, 0) is 29.7 Å². The van der Waals surface area contributed by atoms with Gasteiger partial charge in [0.15, 0.2) is 19.7 Å². The first kappa shape index (κ1) is 20.8. The van der Waals surface area contributed by atoms with E-state index < -0.39 is 53.9 Å². The molecule has 0 saturated carbocycles. The molecule has 4 atom stereocenters. The molecule has 0 spiro atoms. The number of piperazine rings is 1. The van der Waals surface area contributed by atoms with Gasteiger partial charge in [-0.15, -0.1) is 0 Å². The second-order valence-corrected chi connectivity index (χ2v) is 13.6. The zero-order chi connectivity index (χ0) is 21.2. The fraction of sp³-hybridized carbons (Fsp3) is 0.625. The molecule has 3 fully saturated rings. The number of hydrogen-bond donors (Lipinski definition) is 1. The quantitative estimate of drug-likeness (QED) is 0.570. The minimum absolute atomic E-state index is 0.0686. The standard InChI is InChI=1S/C16H22N2O8S3/c1-25-10-3-4-15(26-2)16(5-10)29(23,24)18-13-8-27(19,20)6-11(13)17-12-7-28(21,22)9-14(12)18/h3-5,11-14,17H,6-9H2,1-2H3/t11-,12+,13+,14-. The van der Waals surface area contributed by atoms with Crippen LogP contribution in [0.2, 0.25) is 0 Å². The Morgan fingerprint density at radius 3 is 1.97 bits per heavy atom. The van der Waals surface area contributed by atoms with E-state index in [9.17, 15) is 25.3 Å². The second kappa shape index (κ2) is 6.80. The highest BCUT2D eigenvalue weighted by Gasteiger charge is 2.57. The highest BCUT2D eigenvalue weighted by Crippen LogP contribution is 2.39. The SMILES string of the molecule is COc1ccc(OC)c(S(=O)(=O)N2[C@@H]3CS(=O)(=O)C[C@@H]3N[C@@H]3CS(=O)(=O)C[C@@H]32)c1. The van der Waals surface area contributed by atoms with Crippen LogP contribution in [0.4, 0.5) is 0 Å². The Morgan fingerprint density at radius 1 is 0.931 bits per heavy atom. The van der Waals surface area contributed by atoms with Crippen LogP contribution in [0.1, 0.15) is 0 Å². The van der Waals surface area contributed by atoms with Crippen LogP contribution in [0.3, 0.4) is 0 Å². The number of rotatable bonds is 4. The molecule has 0 radical (unpaired) electrons. The smallest absolute Gasteiger partial charge is 0.247 e. The summed E-state index contributed by atoms with van der Waals surface area (Å²) in [4.78, 5) is -0.188. The molecule has 3 aliphatic rings. The molecular formula is C16H22N2O8S3. The largest absolute Gasteiger partial charge is 0.497 e. The zero-order valence-corrected chi connectivity index (χ0v) is 18.3. The lowest BCUT2D eigenvalue weighted by atomic mass is 10.0. The van der Waals surface area contributed by atoms with Gasteiger partial charge in [-0.25, -0.2) is 25.3 Å². The van der Waals surface area contributed by atoms with E-state index in [0.29, 0.717) is 0 Å². The van der Waals surface area contributed by atoms with Crippen LogP contribution < -0.4 is 14.8 Å². The zero-order valence-electron chi connectivity index (χ0n) is 15.8. The first-order valence-electron chi connectivity index (χ1n) is 8.90. The number of nitrogens with zero attached hydrogens (tertiary/aromatic N) is 1. The van der Waals surface area contributed by atoms with E-state index in [-0.39, 0.29) is 39.4 Å². The van der Waals surface area contributed by atoms with Crippen LogP contribution in [-0.4, -0.2) is 91.0 Å². The molecule has 10 nitrogen and oxygen atoms in total. The fourth-order valence-corrected chi connectivity index (χ4v) is 10.5. The normalized spacial score (nSPS) is 33.0. The lowest BCUT2D eigenvalue weighted by Crippen LogP contribution is -2.67. The second-order valence-electron chi connectivity index (χ2n) is 7.52. The molecule has 4 rings (SSSR count). The van der Waals surface area contributed by atoms with Crippen molar-refractivity contribution in [3.05, 3.63) is 18.2 Å².